The van der Waals surface area contributed by atoms with Crippen LogP contribution in [0, 0.1) is 0 Å². The second kappa shape index (κ2) is 6.18. The number of nitrogens with one attached hydrogen (secondary N) is 1. The van der Waals surface area contributed by atoms with Gasteiger partial charge in [-0.05, 0) is 25.0 Å². The third-order valence-corrected chi connectivity index (χ3v) is 3.48. The predicted octanol–water partition coefficient (Wildman–Crippen LogP) is 3.90. The maximum absolute atomic E-state index is 6.24. The van der Waals surface area contributed by atoms with E-state index in [9.17, 15) is 0 Å². The van der Waals surface area contributed by atoms with Crippen molar-refractivity contribution >= 4 is 28.3 Å². The summed E-state index contributed by atoms with van der Waals surface area (Å²) < 4.78 is 10.8. The monoisotopic (exact) mass is 294 g/mol. The standard InChI is InChI=1S/C15H19ClN2O2/c1-5-9-7-10-13(18-15(9)17-6-2)12(19-3)8-11(16)14(10)20-4/h7-8H,5-6H2,1-4H3,(H,17,18). The van der Waals surface area contributed by atoms with Gasteiger partial charge in [-0.2, -0.15) is 0 Å². The SMILES string of the molecule is CCNc1nc2c(OC)cc(Cl)c(OC)c2cc1CC. The lowest BCUT2D eigenvalue weighted by molar-refractivity contribution is 0.410. The van der Waals surface area contributed by atoms with Gasteiger partial charge in [0.25, 0.3) is 0 Å². The van der Waals surface area contributed by atoms with Gasteiger partial charge in [-0.25, -0.2) is 4.98 Å². The Morgan fingerprint density at radius 2 is 1.95 bits per heavy atom. The van der Waals surface area contributed by atoms with E-state index in [0.717, 1.165) is 35.2 Å². The van der Waals surface area contributed by atoms with Crippen molar-refractivity contribution in [3.8, 4) is 11.5 Å². The molecule has 0 radical (unpaired) electrons. The van der Waals surface area contributed by atoms with Crippen LogP contribution in [0.4, 0.5) is 5.82 Å². The Bertz CT molecular complexity index is 629. The van der Waals surface area contributed by atoms with Gasteiger partial charge >= 0.3 is 0 Å². The molecule has 108 valence electrons. The van der Waals surface area contributed by atoms with Gasteiger partial charge < -0.3 is 14.8 Å². The molecule has 4 nitrogen and oxygen atoms in total. The Labute approximate surface area is 124 Å². The minimum absolute atomic E-state index is 0.525. The van der Waals surface area contributed by atoms with Gasteiger partial charge in [-0.3, -0.25) is 0 Å². The molecule has 2 aromatic rings. The summed E-state index contributed by atoms with van der Waals surface area (Å²) in [6.07, 6.45) is 0.878. The first-order valence-corrected chi connectivity index (χ1v) is 7.01. The van der Waals surface area contributed by atoms with E-state index in [2.05, 4.69) is 23.3 Å². The first kappa shape index (κ1) is 14.7. The number of aromatic nitrogens is 1. The van der Waals surface area contributed by atoms with E-state index < -0.39 is 0 Å². The summed E-state index contributed by atoms with van der Waals surface area (Å²) in [7, 11) is 3.22. The lowest BCUT2D eigenvalue weighted by Gasteiger charge is -2.15. The Morgan fingerprint density at radius 1 is 1.20 bits per heavy atom. The molecule has 1 heterocycles. The molecular weight excluding hydrogens is 276 g/mol. The van der Waals surface area contributed by atoms with Crippen LogP contribution in [0.15, 0.2) is 12.1 Å². The molecule has 0 aliphatic carbocycles. The molecule has 0 bridgehead atoms. The normalized spacial score (nSPS) is 10.7. The zero-order valence-electron chi connectivity index (χ0n) is 12.2. The number of methoxy groups -OCH3 is 2. The molecule has 0 aliphatic rings. The lowest BCUT2D eigenvalue weighted by atomic mass is 10.1. The molecule has 0 amide bonds. The van der Waals surface area contributed by atoms with Gasteiger partial charge in [-0.1, -0.05) is 18.5 Å². The number of nitrogens with zero attached hydrogens (tertiary/aromatic N) is 1. The van der Waals surface area contributed by atoms with E-state index in [4.69, 9.17) is 21.1 Å². The van der Waals surface area contributed by atoms with Crippen molar-refractivity contribution in [2.24, 2.45) is 0 Å². The second-order valence-electron chi connectivity index (χ2n) is 4.37. The summed E-state index contributed by atoms with van der Waals surface area (Å²) in [6, 6.07) is 3.80. The summed E-state index contributed by atoms with van der Waals surface area (Å²) in [5.74, 6) is 2.16. The molecule has 0 fully saturated rings. The van der Waals surface area contributed by atoms with E-state index in [-0.39, 0.29) is 0 Å². The number of pyridine rings is 1. The van der Waals surface area contributed by atoms with Crippen molar-refractivity contribution in [2.45, 2.75) is 20.3 Å². The van der Waals surface area contributed by atoms with Gasteiger partial charge in [0.05, 0.1) is 19.2 Å². The molecule has 1 N–H and O–H groups in total. The Hall–Kier alpha value is -1.68. The van der Waals surface area contributed by atoms with Crippen LogP contribution in [-0.4, -0.2) is 25.7 Å². The average Bonchev–Trinajstić information content (AvgIpc) is 2.46. The third kappa shape index (κ3) is 2.48. The highest BCUT2D eigenvalue weighted by Crippen LogP contribution is 2.40. The van der Waals surface area contributed by atoms with E-state index >= 15 is 0 Å². The van der Waals surface area contributed by atoms with E-state index in [1.54, 1.807) is 20.3 Å². The number of hydrogen-bond acceptors (Lipinski definition) is 4. The zero-order chi connectivity index (χ0) is 14.7. The van der Waals surface area contributed by atoms with Crippen molar-refractivity contribution in [1.29, 1.82) is 0 Å². The van der Waals surface area contributed by atoms with Gasteiger partial charge in [0, 0.05) is 18.0 Å². The van der Waals surface area contributed by atoms with Gasteiger partial charge in [-0.15, -0.1) is 0 Å². The number of benzene rings is 1. The molecule has 0 unspecified atom stereocenters. The summed E-state index contributed by atoms with van der Waals surface area (Å²) >= 11 is 6.24. The maximum atomic E-state index is 6.24. The third-order valence-electron chi connectivity index (χ3n) is 3.20. The van der Waals surface area contributed by atoms with Crippen molar-refractivity contribution < 1.29 is 9.47 Å². The lowest BCUT2D eigenvalue weighted by Crippen LogP contribution is -2.04. The smallest absolute Gasteiger partial charge is 0.147 e. The van der Waals surface area contributed by atoms with Crippen LogP contribution < -0.4 is 14.8 Å². The van der Waals surface area contributed by atoms with Crippen LogP contribution in [-0.2, 0) is 6.42 Å². The molecule has 1 aromatic heterocycles. The highest BCUT2D eigenvalue weighted by molar-refractivity contribution is 6.33. The molecule has 0 atom stereocenters. The maximum Gasteiger partial charge on any atom is 0.147 e. The first-order chi connectivity index (χ1) is 9.65. The fourth-order valence-electron chi connectivity index (χ4n) is 2.25. The summed E-state index contributed by atoms with van der Waals surface area (Å²) in [5, 5.41) is 4.68. The highest BCUT2D eigenvalue weighted by Gasteiger charge is 2.16. The van der Waals surface area contributed by atoms with Crippen molar-refractivity contribution in [3.05, 3.63) is 22.7 Å². The van der Waals surface area contributed by atoms with Crippen molar-refractivity contribution in [1.82, 2.24) is 4.98 Å². The zero-order valence-corrected chi connectivity index (χ0v) is 13.0. The predicted molar refractivity (Wildman–Crippen MR) is 83.4 cm³/mol. The molecule has 20 heavy (non-hydrogen) atoms. The fourth-order valence-corrected chi connectivity index (χ4v) is 2.52. The Morgan fingerprint density at radius 3 is 2.50 bits per heavy atom. The van der Waals surface area contributed by atoms with Gasteiger partial charge in [0.2, 0.25) is 0 Å². The quantitative estimate of drug-likeness (QED) is 0.908. The van der Waals surface area contributed by atoms with Gasteiger partial charge in [0.1, 0.15) is 22.8 Å². The van der Waals surface area contributed by atoms with E-state index in [0.29, 0.717) is 16.5 Å². The topological polar surface area (TPSA) is 43.4 Å². The summed E-state index contributed by atoms with van der Waals surface area (Å²) in [4.78, 5) is 4.68. The second-order valence-corrected chi connectivity index (χ2v) is 4.78. The van der Waals surface area contributed by atoms with Crippen molar-refractivity contribution in [3.63, 3.8) is 0 Å². The van der Waals surface area contributed by atoms with Crippen LogP contribution in [0.5, 0.6) is 11.5 Å². The van der Waals surface area contributed by atoms with Crippen molar-refractivity contribution in [2.75, 3.05) is 26.1 Å². The Kier molecular flexibility index (Phi) is 4.55. The molecule has 0 spiro atoms. The molecule has 2 rings (SSSR count). The molecule has 0 saturated heterocycles. The number of fused-ring (bicyclic) bond motifs is 1. The van der Waals surface area contributed by atoms with Crippen LogP contribution >= 0.6 is 11.6 Å². The van der Waals surface area contributed by atoms with Crippen LogP contribution in [0.2, 0.25) is 5.02 Å². The van der Waals surface area contributed by atoms with Gasteiger partial charge in [0.15, 0.2) is 0 Å². The largest absolute Gasteiger partial charge is 0.494 e. The molecule has 0 aliphatic heterocycles. The number of anilines is 1. The summed E-state index contributed by atoms with van der Waals surface area (Å²) in [5.41, 5.74) is 1.88. The van der Waals surface area contributed by atoms with E-state index in [1.807, 2.05) is 6.92 Å². The Balaban J connectivity index is 2.81. The first-order valence-electron chi connectivity index (χ1n) is 6.64. The number of rotatable bonds is 5. The number of halogens is 1. The molecular formula is C15H19ClN2O2. The summed E-state index contributed by atoms with van der Waals surface area (Å²) in [6.45, 7) is 4.96. The molecule has 0 saturated carbocycles. The average molecular weight is 295 g/mol. The van der Waals surface area contributed by atoms with Crippen LogP contribution in [0.1, 0.15) is 19.4 Å². The number of aryl methyl sites for hydroxylation is 1. The van der Waals surface area contributed by atoms with Crippen LogP contribution in [0.25, 0.3) is 10.9 Å². The van der Waals surface area contributed by atoms with Crippen LogP contribution in [0.3, 0.4) is 0 Å². The minimum Gasteiger partial charge on any atom is -0.494 e. The minimum atomic E-state index is 0.525. The highest BCUT2D eigenvalue weighted by atomic mass is 35.5. The number of hydrogen-bond donors (Lipinski definition) is 1. The molecule has 1 aromatic carbocycles. The van der Waals surface area contributed by atoms with E-state index in [1.165, 1.54) is 0 Å². The molecule has 5 heteroatoms. The fraction of sp³-hybridized carbons (Fsp3) is 0.400. The number of ether oxygens (including phenoxy) is 2.